The van der Waals surface area contributed by atoms with Crippen molar-refractivity contribution in [1.82, 2.24) is 4.90 Å². The van der Waals surface area contributed by atoms with Crippen molar-refractivity contribution in [2.24, 2.45) is 11.7 Å². The Morgan fingerprint density at radius 2 is 2.33 bits per heavy atom. The summed E-state index contributed by atoms with van der Waals surface area (Å²) in [6.45, 7) is 3.10. The lowest BCUT2D eigenvalue weighted by atomic mass is 10.1. The fraction of sp³-hybridized carbons (Fsp3) is 0.818. The van der Waals surface area contributed by atoms with Crippen LogP contribution in [0, 0.1) is 17.2 Å². The van der Waals surface area contributed by atoms with Gasteiger partial charge in [0.1, 0.15) is 0 Å². The maximum atomic E-state index is 11.9. The molecule has 0 aliphatic heterocycles. The minimum atomic E-state index is 0.158. The van der Waals surface area contributed by atoms with Crippen LogP contribution in [0.25, 0.3) is 0 Å². The maximum absolute atomic E-state index is 11.9. The summed E-state index contributed by atoms with van der Waals surface area (Å²) in [5, 5.41) is 8.52. The van der Waals surface area contributed by atoms with Gasteiger partial charge in [-0.15, -0.1) is 0 Å². The lowest BCUT2D eigenvalue weighted by Crippen LogP contribution is -2.35. The highest BCUT2D eigenvalue weighted by Crippen LogP contribution is 2.27. The van der Waals surface area contributed by atoms with Crippen molar-refractivity contribution in [3.05, 3.63) is 0 Å². The number of nitrogens with zero attached hydrogens (tertiary/aromatic N) is 2. The molecule has 1 saturated carbocycles. The molecule has 0 heterocycles. The molecule has 15 heavy (non-hydrogen) atoms. The maximum Gasteiger partial charge on any atom is 0.223 e. The molecule has 1 fully saturated rings. The molecule has 0 radical (unpaired) electrons. The van der Waals surface area contributed by atoms with Crippen LogP contribution < -0.4 is 5.73 Å². The first-order valence-corrected chi connectivity index (χ1v) is 5.55. The van der Waals surface area contributed by atoms with Crippen molar-refractivity contribution in [2.45, 2.75) is 38.6 Å². The topological polar surface area (TPSA) is 70.1 Å². The third kappa shape index (κ3) is 3.88. The summed E-state index contributed by atoms with van der Waals surface area (Å²) in [4.78, 5) is 13.7. The molecule has 1 unspecified atom stereocenters. The van der Waals surface area contributed by atoms with Crippen molar-refractivity contribution in [1.29, 1.82) is 5.26 Å². The fourth-order valence-corrected chi connectivity index (χ4v) is 1.57. The molecule has 0 saturated heterocycles. The molecule has 0 bridgehead atoms. The molecule has 2 N–H and O–H groups in total. The molecule has 1 amide bonds. The molecule has 0 aromatic rings. The van der Waals surface area contributed by atoms with E-state index in [1.807, 2.05) is 11.8 Å². The number of carbonyl (C=O) groups excluding carboxylic acids is 1. The summed E-state index contributed by atoms with van der Waals surface area (Å²) >= 11 is 0. The summed E-state index contributed by atoms with van der Waals surface area (Å²) in [6, 6.07) is 2.48. The van der Waals surface area contributed by atoms with E-state index in [-0.39, 0.29) is 11.8 Å². The second-order valence-corrected chi connectivity index (χ2v) is 4.27. The minimum Gasteiger partial charge on any atom is -0.339 e. The first-order valence-electron chi connectivity index (χ1n) is 5.55. The molecular weight excluding hydrogens is 190 g/mol. The summed E-state index contributed by atoms with van der Waals surface area (Å²) in [5.41, 5.74) is 5.49. The van der Waals surface area contributed by atoms with Gasteiger partial charge in [-0.2, -0.15) is 5.26 Å². The van der Waals surface area contributed by atoms with E-state index in [0.717, 1.165) is 12.8 Å². The van der Waals surface area contributed by atoms with E-state index in [4.69, 9.17) is 11.0 Å². The van der Waals surface area contributed by atoms with E-state index in [9.17, 15) is 4.79 Å². The average molecular weight is 209 g/mol. The Hall–Kier alpha value is -1.08. The molecule has 1 atom stereocenters. The lowest BCUT2D eigenvalue weighted by molar-refractivity contribution is -0.132. The Morgan fingerprint density at radius 1 is 1.67 bits per heavy atom. The van der Waals surface area contributed by atoms with Crippen LogP contribution in [-0.2, 0) is 4.79 Å². The van der Waals surface area contributed by atoms with Crippen LogP contribution in [0.4, 0.5) is 0 Å². The number of hydrogen-bond acceptors (Lipinski definition) is 3. The molecular formula is C11H19N3O. The second kappa shape index (κ2) is 5.72. The van der Waals surface area contributed by atoms with Gasteiger partial charge in [0.05, 0.1) is 12.5 Å². The van der Waals surface area contributed by atoms with Gasteiger partial charge in [0.2, 0.25) is 5.91 Å². The van der Waals surface area contributed by atoms with E-state index < -0.39 is 0 Å². The number of nitriles is 1. The summed E-state index contributed by atoms with van der Waals surface area (Å²) in [6.07, 6.45) is 3.13. The molecule has 1 rings (SSSR count). The smallest absolute Gasteiger partial charge is 0.223 e. The van der Waals surface area contributed by atoms with Gasteiger partial charge in [-0.05, 0) is 25.3 Å². The van der Waals surface area contributed by atoms with Gasteiger partial charge in [-0.1, -0.05) is 6.92 Å². The Kier molecular flexibility index (Phi) is 4.57. The van der Waals surface area contributed by atoms with Gasteiger partial charge in [0, 0.05) is 19.0 Å². The molecule has 0 aromatic heterocycles. The normalized spacial score (nSPS) is 16.9. The van der Waals surface area contributed by atoms with Crippen molar-refractivity contribution < 1.29 is 4.79 Å². The van der Waals surface area contributed by atoms with Gasteiger partial charge in [-0.3, -0.25) is 4.79 Å². The highest BCUT2D eigenvalue weighted by Gasteiger charge is 2.32. The van der Waals surface area contributed by atoms with E-state index in [1.165, 1.54) is 0 Å². The summed E-state index contributed by atoms with van der Waals surface area (Å²) in [5.74, 6) is 0.395. The van der Waals surface area contributed by atoms with Gasteiger partial charge in [0.15, 0.2) is 0 Å². The summed E-state index contributed by atoms with van der Waals surface area (Å²) in [7, 11) is 0. The number of amides is 1. The van der Waals surface area contributed by atoms with Crippen LogP contribution in [0.15, 0.2) is 0 Å². The molecule has 4 heteroatoms. The Balaban J connectivity index is 2.41. The molecule has 84 valence electrons. The number of nitrogens with two attached hydrogens (primary N) is 1. The number of rotatable bonds is 6. The van der Waals surface area contributed by atoms with E-state index in [1.54, 1.807) is 0 Å². The molecule has 0 aromatic carbocycles. The van der Waals surface area contributed by atoms with Gasteiger partial charge < -0.3 is 10.6 Å². The largest absolute Gasteiger partial charge is 0.339 e. The Morgan fingerprint density at radius 3 is 2.80 bits per heavy atom. The first kappa shape index (κ1) is 12.0. The fourth-order valence-electron chi connectivity index (χ4n) is 1.57. The monoisotopic (exact) mass is 209 g/mol. The highest BCUT2D eigenvalue weighted by molar-refractivity contribution is 5.77. The Labute approximate surface area is 91.0 Å². The SMILES string of the molecule is CC(CN)CC(=O)N(CCC#N)C1CC1. The standard InChI is InChI=1S/C11H19N3O/c1-9(8-13)7-11(15)14(6-2-5-12)10-3-4-10/h9-10H,2-4,6-8,13H2,1H3. The minimum absolute atomic E-state index is 0.158. The molecule has 1 aliphatic carbocycles. The first-order chi connectivity index (χ1) is 7.19. The van der Waals surface area contributed by atoms with Gasteiger partial charge in [0.25, 0.3) is 0 Å². The molecule has 1 aliphatic rings. The van der Waals surface area contributed by atoms with Crippen LogP contribution >= 0.6 is 0 Å². The average Bonchev–Trinajstić information content (AvgIpc) is 3.02. The van der Waals surface area contributed by atoms with Crippen molar-refractivity contribution in [3.8, 4) is 6.07 Å². The van der Waals surface area contributed by atoms with Gasteiger partial charge in [-0.25, -0.2) is 0 Å². The van der Waals surface area contributed by atoms with Crippen molar-refractivity contribution in [2.75, 3.05) is 13.1 Å². The zero-order valence-electron chi connectivity index (χ0n) is 9.28. The third-order valence-corrected chi connectivity index (χ3v) is 2.70. The highest BCUT2D eigenvalue weighted by atomic mass is 16.2. The number of carbonyl (C=O) groups is 1. The number of hydrogen-bond donors (Lipinski definition) is 1. The third-order valence-electron chi connectivity index (χ3n) is 2.70. The quantitative estimate of drug-likeness (QED) is 0.705. The van der Waals surface area contributed by atoms with Crippen LogP contribution in [0.5, 0.6) is 0 Å². The zero-order chi connectivity index (χ0) is 11.3. The van der Waals surface area contributed by atoms with Crippen molar-refractivity contribution in [3.63, 3.8) is 0 Å². The lowest BCUT2D eigenvalue weighted by Gasteiger charge is -2.22. The van der Waals surface area contributed by atoms with Crippen LogP contribution in [-0.4, -0.2) is 29.9 Å². The van der Waals surface area contributed by atoms with Gasteiger partial charge >= 0.3 is 0 Å². The summed E-state index contributed by atoms with van der Waals surface area (Å²) < 4.78 is 0. The van der Waals surface area contributed by atoms with E-state index in [0.29, 0.717) is 32.0 Å². The zero-order valence-corrected chi connectivity index (χ0v) is 9.28. The van der Waals surface area contributed by atoms with Crippen LogP contribution in [0.2, 0.25) is 0 Å². The van der Waals surface area contributed by atoms with E-state index >= 15 is 0 Å². The predicted molar refractivity (Wildman–Crippen MR) is 57.8 cm³/mol. The van der Waals surface area contributed by atoms with E-state index in [2.05, 4.69) is 6.07 Å². The predicted octanol–water partition coefficient (Wildman–Crippen LogP) is 0.876. The van der Waals surface area contributed by atoms with Crippen LogP contribution in [0.1, 0.15) is 32.6 Å². The Bertz CT molecular complexity index is 255. The van der Waals surface area contributed by atoms with Crippen molar-refractivity contribution >= 4 is 5.91 Å². The molecule has 4 nitrogen and oxygen atoms in total. The molecule has 0 spiro atoms. The van der Waals surface area contributed by atoms with Crippen LogP contribution in [0.3, 0.4) is 0 Å². The second-order valence-electron chi connectivity index (χ2n) is 4.27.